The van der Waals surface area contributed by atoms with Gasteiger partial charge in [-0.25, -0.2) is 0 Å². The predicted molar refractivity (Wildman–Crippen MR) is 151 cm³/mol. The molecule has 0 aliphatic carbocycles. The number of nitrogens with zero attached hydrogens (tertiary/aromatic N) is 2. The first-order chi connectivity index (χ1) is 16.7. The zero-order chi connectivity index (χ0) is 22.3. The number of hydrogen-bond acceptors (Lipinski definition) is 0. The van der Waals surface area contributed by atoms with E-state index in [1.807, 2.05) is 0 Å². The average Bonchev–Trinajstić information content (AvgIpc) is 3.55. The summed E-state index contributed by atoms with van der Waals surface area (Å²) in [5, 5.41) is 10.6. The van der Waals surface area contributed by atoms with Crippen molar-refractivity contribution in [3.8, 4) is 0 Å². The molecule has 9 rings (SSSR count). The summed E-state index contributed by atoms with van der Waals surface area (Å²) in [6.45, 7) is 0. The number of aromatic nitrogens is 2. The van der Waals surface area contributed by atoms with Crippen LogP contribution in [0.2, 0.25) is 0 Å². The van der Waals surface area contributed by atoms with Crippen molar-refractivity contribution < 1.29 is 0 Å². The molecule has 9 aromatic rings. The van der Waals surface area contributed by atoms with Crippen LogP contribution >= 0.6 is 31.9 Å². The smallest absolute Gasteiger partial charge is 0.0634 e. The molecule has 5 aromatic carbocycles. The first-order valence-corrected chi connectivity index (χ1v) is 12.9. The van der Waals surface area contributed by atoms with Gasteiger partial charge in [0.15, 0.2) is 0 Å². The van der Waals surface area contributed by atoms with Crippen LogP contribution in [0.1, 0.15) is 0 Å². The third kappa shape index (κ3) is 1.86. The molecule has 0 aliphatic rings. The van der Waals surface area contributed by atoms with Crippen LogP contribution in [0.3, 0.4) is 0 Å². The Morgan fingerprint density at radius 3 is 1.26 bits per heavy atom. The lowest BCUT2D eigenvalue weighted by Crippen LogP contribution is -1.79. The number of hydrogen-bond donors (Lipinski definition) is 0. The highest BCUT2D eigenvalue weighted by molar-refractivity contribution is 9.10. The van der Waals surface area contributed by atoms with Gasteiger partial charge in [0.1, 0.15) is 0 Å². The summed E-state index contributed by atoms with van der Waals surface area (Å²) in [6, 6.07) is 31.1. The summed E-state index contributed by atoms with van der Waals surface area (Å²) in [6.07, 6.45) is 0. The van der Waals surface area contributed by atoms with Gasteiger partial charge in [0, 0.05) is 52.0 Å². The fraction of sp³-hybridized carbons (Fsp3) is 0. The summed E-state index contributed by atoms with van der Waals surface area (Å²) in [7, 11) is 0. The molecular weight excluding hydrogens is 548 g/mol. The molecule has 4 heterocycles. The molecule has 4 heteroatoms. The number of fused-ring (bicyclic) bond motifs is 14. The van der Waals surface area contributed by atoms with Gasteiger partial charge in [-0.3, -0.25) is 0 Å². The van der Waals surface area contributed by atoms with Gasteiger partial charge < -0.3 is 8.80 Å². The zero-order valence-electron chi connectivity index (χ0n) is 17.7. The Labute approximate surface area is 209 Å². The number of halogens is 2. The van der Waals surface area contributed by atoms with Crippen LogP contribution in [-0.2, 0) is 0 Å². The van der Waals surface area contributed by atoms with E-state index in [4.69, 9.17) is 0 Å². The van der Waals surface area contributed by atoms with E-state index < -0.39 is 0 Å². The van der Waals surface area contributed by atoms with Crippen LogP contribution in [0, 0.1) is 0 Å². The highest BCUT2D eigenvalue weighted by Gasteiger charge is 2.28. The Bertz CT molecular complexity index is 2140. The third-order valence-electron chi connectivity index (χ3n) is 7.66. The third-order valence-corrected chi connectivity index (χ3v) is 8.65. The number of benzene rings is 5. The molecule has 4 aromatic heterocycles. The van der Waals surface area contributed by atoms with Gasteiger partial charge in [0.2, 0.25) is 0 Å². The van der Waals surface area contributed by atoms with Crippen LogP contribution in [0.4, 0.5) is 0 Å². The first kappa shape index (κ1) is 18.0. The van der Waals surface area contributed by atoms with E-state index >= 15 is 0 Å². The van der Waals surface area contributed by atoms with E-state index in [1.165, 1.54) is 76.2 Å². The molecule has 0 spiro atoms. The fourth-order valence-electron chi connectivity index (χ4n) is 6.53. The van der Waals surface area contributed by atoms with Gasteiger partial charge in [0.25, 0.3) is 0 Å². The molecule has 0 unspecified atom stereocenters. The van der Waals surface area contributed by atoms with Crippen molar-refractivity contribution in [2.45, 2.75) is 0 Å². The van der Waals surface area contributed by atoms with Gasteiger partial charge >= 0.3 is 0 Å². The largest absolute Gasteiger partial charge is 0.308 e. The number of para-hydroxylation sites is 2. The van der Waals surface area contributed by atoms with Crippen LogP contribution in [-0.4, -0.2) is 8.80 Å². The maximum Gasteiger partial charge on any atom is 0.0634 e. The van der Waals surface area contributed by atoms with Crippen LogP contribution in [0.15, 0.2) is 93.9 Å². The Morgan fingerprint density at radius 1 is 0.412 bits per heavy atom. The molecule has 0 bridgehead atoms. The Kier molecular flexibility index (Phi) is 3.09. The lowest BCUT2D eigenvalue weighted by Gasteiger charge is -2.03. The molecule has 0 amide bonds. The lowest BCUT2D eigenvalue weighted by atomic mass is 9.98. The predicted octanol–water partition coefficient (Wildman–Crippen LogP) is 9.51. The van der Waals surface area contributed by atoms with Gasteiger partial charge in [-0.05, 0) is 48.5 Å². The van der Waals surface area contributed by atoms with E-state index in [1.54, 1.807) is 0 Å². The van der Waals surface area contributed by atoms with E-state index in [-0.39, 0.29) is 0 Å². The minimum atomic E-state index is 1.11. The van der Waals surface area contributed by atoms with Crippen molar-refractivity contribution in [3.63, 3.8) is 0 Å². The normalized spacial score (nSPS) is 13.0. The SMILES string of the molecule is Brc1ccc2c(c1)c1c3c4ccccc4n4c5ccc(Br)cc5c(c5c6ccccc6n2c51)c34. The topological polar surface area (TPSA) is 8.82 Å². The standard InChI is InChI=1S/C30H14Br2N2/c31-15-10-12-24-19(13-15)27-25-17-5-1-3-7-21(17)33-23-11-9-16(32)14-20(23)28(29(25)33)26-18-6-2-4-8-22(18)34(24)30(26)27/h1-14H. The minimum absolute atomic E-state index is 1.11. The molecule has 158 valence electrons. The molecule has 2 nitrogen and oxygen atoms in total. The number of rotatable bonds is 0. The maximum atomic E-state index is 3.75. The van der Waals surface area contributed by atoms with E-state index in [9.17, 15) is 0 Å². The van der Waals surface area contributed by atoms with E-state index in [0.29, 0.717) is 0 Å². The second-order valence-electron chi connectivity index (χ2n) is 9.23. The minimum Gasteiger partial charge on any atom is -0.308 e. The van der Waals surface area contributed by atoms with Gasteiger partial charge in [-0.1, -0.05) is 68.3 Å². The Hall–Kier alpha value is -3.34. The summed E-state index contributed by atoms with van der Waals surface area (Å²) >= 11 is 7.51. The van der Waals surface area contributed by atoms with E-state index in [2.05, 4.69) is 126 Å². The lowest BCUT2D eigenvalue weighted by molar-refractivity contribution is 1.37. The first-order valence-electron chi connectivity index (χ1n) is 11.4. The molecule has 0 radical (unpaired) electrons. The second kappa shape index (κ2) is 5.83. The molecule has 0 fully saturated rings. The highest BCUT2D eigenvalue weighted by Crippen LogP contribution is 2.51. The quantitative estimate of drug-likeness (QED) is 0.174. The zero-order valence-corrected chi connectivity index (χ0v) is 20.9. The van der Waals surface area contributed by atoms with Crippen LogP contribution in [0.5, 0.6) is 0 Å². The summed E-state index contributed by atoms with van der Waals surface area (Å²) in [5.41, 5.74) is 7.70. The highest BCUT2D eigenvalue weighted by atomic mass is 79.9. The van der Waals surface area contributed by atoms with Crippen molar-refractivity contribution in [2.24, 2.45) is 0 Å². The van der Waals surface area contributed by atoms with Crippen molar-refractivity contribution in [2.75, 3.05) is 0 Å². The molecule has 0 saturated heterocycles. The molecule has 0 saturated carbocycles. The molecular formula is C30H14Br2N2. The van der Waals surface area contributed by atoms with Gasteiger partial charge in [0.05, 0.1) is 33.1 Å². The Morgan fingerprint density at radius 2 is 0.794 bits per heavy atom. The fourth-order valence-corrected chi connectivity index (χ4v) is 7.25. The van der Waals surface area contributed by atoms with Gasteiger partial charge in [-0.15, -0.1) is 0 Å². The second-order valence-corrected chi connectivity index (χ2v) is 11.1. The van der Waals surface area contributed by atoms with Crippen molar-refractivity contribution >= 4 is 108 Å². The van der Waals surface area contributed by atoms with Gasteiger partial charge in [-0.2, -0.15) is 0 Å². The molecule has 0 aliphatic heterocycles. The summed E-state index contributed by atoms with van der Waals surface area (Å²) in [5.74, 6) is 0. The monoisotopic (exact) mass is 560 g/mol. The maximum absolute atomic E-state index is 3.75. The molecule has 0 atom stereocenters. The van der Waals surface area contributed by atoms with E-state index in [0.717, 1.165) is 8.95 Å². The molecule has 34 heavy (non-hydrogen) atoms. The summed E-state index contributed by atoms with van der Waals surface area (Å²) in [4.78, 5) is 0. The Balaban J connectivity index is 1.82. The average molecular weight is 562 g/mol. The van der Waals surface area contributed by atoms with Crippen molar-refractivity contribution in [3.05, 3.63) is 93.9 Å². The van der Waals surface area contributed by atoms with Crippen LogP contribution in [0.25, 0.3) is 76.2 Å². The van der Waals surface area contributed by atoms with Crippen molar-refractivity contribution in [1.29, 1.82) is 0 Å². The molecule has 0 N–H and O–H groups in total. The van der Waals surface area contributed by atoms with Crippen molar-refractivity contribution in [1.82, 2.24) is 8.80 Å². The van der Waals surface area contributed by atoms with Crippen LogP contribution < -0.4 is 0 Å². The summed E-state index contributed by atoms with van der Waals surface area (Å²) < 4.78 is 7.19.